The molecule has 650 valence electrons. The van der Waals surface area contributed by atoms with Crippen molar-refractivity contribution in [1.82, 2.24) is 18.3 Å². The molecule has 6 heterocycles. The maximum atomic E-state index is 2.78. The van der Waals surface area contributed by atoms with Crippen LogP contribution in [-0.2, 0) is 32.5 Å². The van der Waals surface area contributed by atoms with E-state index in [1.165, 1.54) is 115 Å². The maximum absolute atomic E-state index is 2.78. The van der Waals surface area contributed by atoms with Gasteiger partial charge in [-0.15, -0.1) is 0 Å². The summed E-state index contributed by atoms with van der Waals surface area (Å²) in [7, 11) is 0. The predicted molar refractivity (Wildman–Crippen MR) is 572 cm³/mol. The van der Waals surface area contributed by atoms with Gasteiger partial charge in [0.25, 0.3) is 6.71 Å². The van der Waals surface area contributed by atoms with Crippen LogP contribution in [0.25, 0.3) is 154 Å². The van der Waals surface area contributed by atoms with Crippen molar-refractivity contribution in [2.75, 3.05) is 9.80 Å². The molecule has 0 saturated carbocycles. The quantitative estimate of drug-likeness (QED) is 0.128. The molecule has 0 saturated heterocycles. The van der Waals surface area contributed by atoms with Gasteiger partial charge >= 0.3 is 0 Å². The monoisotopic (exact) mass is 1720 g/mol. The lowest BCUT2D eigenvalue weighted by atomic mass is 9.33. The number of para-hydroxylation sites is 3. The van der Waals surface area contributed by atoms with Gasteiger partial charge < -0.3 is 28.1 Å². The average molecular weight is 1720 g/mol. The lowest BCUT2D eigenvalue weighted by Crippen LogP contribution is -2.61. The number of rotatable bonds is 10. The first kappa shape index (κ1) is 83.0. The summed E-state index contributed by atoms with van der Waals surface area (Å²) in [5.41, 5.74) is 39.5. The van der Waals surface area contributed by atoms with E-state index in [1.807, 2.05) is 0 Å². The van der Waals surface area contributed by atoms with Gasteiger partial charge in [0, 0.05) is 105 Å². The normalized spacial score (nSPS) is 13.3. The topological polar surface area (TPSA) is 26.2 Å². The van der Waals surface area contributed by atoms with Gasteiger partial charge in [-0.25, -0.2) is 0 Å². The number of anilines is 6. The van der Waals surface area contributed by atoms with Crippen molar-refractivity contribution < 1.29 is 0 Å². The fraction of sp³-hybridized carbons (Fsp3) is 0.190. The molecule has 21 aromatic rings. The summed E-state index contributed by atoms with van der Waals surface area (Å²) in [6.45, 7) is 42.1. The van der Waals surface area contributed by atoms with Crippen LogP contribution in [0.15, 0.2) is 358 Å². The number of hydrogen-bond acceptors (Lipinski definition) is 2. The van der Waals surface area contributed by atoms with Crippen LogP contribution >= 0.6 is 0 Å². The Balaban J connectivity index is 0.917. The van der Waals surface area contributed by atoms with E-state index in [0.29, 0.717) is 0 Å². The van der Waals surface area contributed by atoms with Gasteiger partial charge in [-0.05, 0) is 250 Å². The van der Waals surface area contributed by atoms with Gasteiger partial charge in [0.15, 0.2) is 0 Å². The molecule has 4 aromatic heterocycles. The molecule has 2 aliphatic rings. The van der Waals surface area contributed by atoms with E-state index in [-0.39, 0.29) is 39.2 Å². The standard InChI is InChI=1S/C126H113BN6/c1-121(2,3)82-51-60-109-99(65-82)100-66-83(122(4,5)6)52-61-110(100)130(109)90-56-59-105-115(75-90)133(120-97(80-41-27-21-28-42-80)71-87(126(16,17)18)72-98(120)81-43-29-22-30-44-81)117-77-91(131-111-62-53-84(123(7,8)9)67-101(111)102-68-85(124(10,11)12)54-63-112(102)131)76-116-118(117)127(105)104-58-55-89(74-114(104)132(116)119-95(78-37-23-19-24-38-78)69-86(125(13,14)15)70-96(119)79-39-25-20-26-40-79)129-108-50-36-33-47-94(108)103-73-88(57-64-113(103)129)128-106-48-34-31-45-92(106)93-46-32-35-49-107(93)128/h19-77H,1-18H3. The molecule has 0 atom stereocenters. The summed E-state index contributed by atoms with van der Waals surface area (Å²) >= 11 is 0. The van der Waals surface area contributed by atoms with Crippen LogP contribution in [-0.4, -0.2) is 25.0 Å². The molecule has 17 aromatic carbocycles. The van der Waals surface area contributed by atoms with E-state index in [9.17, 15) is 0 Å². The highest BCUT2D eigenvalue weighted by molar-refractivity contribution is 7.00. The van der Waals surface area contributed by atoms with E-state index < -0.39 is 0 Å². The van der Waals surface area contributed by atoms with Crippen LogP contribution in [0.5, 0.6) is 0 Å². The van der Waals surface area contributed by atoms with E-state index in [1.54, 1.807) is 0 Å². The number of nitrogens with zero attached hydrogens (tertiary/aromatic N) is 6. The number of aromatic nitrogens is 4. The summed E-state index contributed by atoms with van der Waals surface area (Å²) in [6, 6.07) is 139. The van der Waals surface area contributed by atoms with Gasteiger partial charge in [0.2, 0.25) is 0 Å². The van der Waals surface area contributed by atoms with Gasteiger partial charge in [-0.2, -0.15) is 0 Å². The molecule has 0 bridgehead atoms. The van der Waals surface area contributed by atoms with Crippen molar-refractivity contribution in [2.45, 2.75) is 157 Å². The van der Waals surface area contributed by atoms with Gasteiger partial charge in [0.05, 0.1) is 61.2 Å². The number of hydrogen-bond donors (Lipinski definition) is 0. The second-order valence-electron chi connectivity index (χ2n) is 43.8. The number of fused-ring (bicyclic) bond motifs is 16. The molecule has 7 heteroatoms. The molecule has 0 aliphatic carbocycles. The van der Waals surface area contributed by atoms with Crippen molar-refractivity contribution >= 4 is 144 Å². The van der Waals surface area contributed by atoms with Crippen LogP contribution < -0.4 is 26.2 Å². The van der Waals surface area contributed by atoms with E-state index in [0.717, 1.165) is 123 Å². The Bertz CT molecular complexity index is 8020. The molecule has 23 rings (SSSR count). The minimum absolute atomic E-state index is 0.0987. The number of benzene rings is 17. The SMILES string of the molecule is CC(C)(C)c1cc(-c2ccccc2)c(N2c3cc(-n4c5ccccc5c5cc(-n6c7ccccc7c7ccccc76)ccc54)ccc3B3c4ccc(-n5c6ccc(C(C)(C)C)cc6c6cc(C(C)(C)C)ccc65)cc4N(c4c(-c5ccccc5)cc(C(C)(C)C)cc4-c4ccccc4)c4cc(-n5c6ccc(C(C)(C)C)cc6c6cc(C(C)(C)C)ccc65)cc2c43)c(-c2ccccc2)c1. The highest BCUT2D eigenvalue weighted by Gasteiger charge is 2.47. The predicted octanol–water partition coefficient (Wildman–Crippen LogP) is 32.6. The fourth-order valence-electron chi connectivity index (χ4n) is 21.9. The third kappa shape index (κ3) is 13.5. The Kier molecular flexibility index (Phi) is 18.8. The zero-order valence-electron chi connectivity index (χ0n) is 79.8. The van der Waals surface area contributed by atoms with Crippen molar-refractivity contribution in [3.8, 4) is 67.3 Å². The third-order valence-electron chi connectivity index (χ3n) is 29.0. The molecule has 133 heavy (non-hydrogen) atoms. The van der Waals surface area contributed by atoms with Crippen molar-refractivity contribution in [3.63, 3.8) is 0 Å². The summed E-state index contributed by atoms with van der Waals surface area (Å²) in [6.07, 6.45) is 0. The Morgan fingerprint density at radius 3 is 0.714 bits per heavy atom. The smallest absolute Gasteiger partial charge is 0.252 e. The highest BCUT2D eigenvalue weighted by atomic mass is 15.2. The molecule has 0 radical (unpaired) electrons. The van der Waals surface area contributed by atoms with Crippen molar-refractivity contribution in [1.29, 1.82) is 0 Å². The lowest BCUT2D eigenvalue weighted by molar-refractivity contribution is 0.590. The zero-order chi connectivity index (χ0) is 91.6. The summed E-state index contributed by atoms with van der Waals surface area (Å²) < 4.78 is 10.3. The second kappa shape index (κ2) is 30.1. The first-order chi connectivity index (χ1) is 63.8. The summed E-state index contributed by atoms with van der Waals surface area (Å²) in [5.74, 6) is 0. The maximum Gasteiger partial charge on any atom is 0.252 e. The van der Waals surface area contributed by atoms with Crippen LogP contribution in [0.3, 0.4) is 0 Å². The van der Waals surface area contributed by atoms with E-state index >= 15 is 0 Å². The van der Waals surface area contributed by atoms with Crippen LogP contribution in [0.1, 0.15) is 158 Å². The molecule has 0 N–H and O–H groups in total. The Morgan fingerprint density at radius 1 is 0.180 bits per heavy atom. The minimum Gasteiger partial charge on any atom is -0.310 e. The third-order valence-corrected chi connectivity index (χ3v) is 29.0. The molecule has 6 nitrogen and oxygen atoms in total. The molecular weight excluding hydrogens is 1610 g/mol. The Labute approximate surface area is 782 Å². The van der Waals surface area contributed by atoms with Crippen LogP contribution in [0.2, 0.25) is 0 Å². The molecule has 2 aliphatic heterocycles. The first-order valence-electron chi connectivity index (χ1n) is 47.6. The minimum atomic E-state index is -0.362. The Morgan fingerprint density at radius 2 is 0.414 bits per heavy atom. The van der Waals surface area contributed by atoms with Gasteiger partial charge in [-0.3, -0.25) is 0 Å². The average Bonchev–Trinajstić information content (AvgIpc) is 1.36. The largest absolute Gasteiger partial charge is 0.310 e. The molecule has 0 amide bonds. The zero-order valence-corrected chi connectivity index (χ0v) is 79.8. The van der Waals surface area contributed by atoms with Crippen molar-refractivity contribution in [2.24, 2.45) is 0 Å². The van der Waals surface area contributed by atoms with Crippen molar-refractivity contribution in [3.05, 3.63) is 391 Å². The molecular formula is C126H113BN6. The van der Waals surface area contributed by atoms with Crippen LogP contribution in [0.4, 0.5) is 34.1 Å². The lowest BCUT2D eigenvalue weighted by Gasteiger charge is -2.46. The second-order valence-corrected chi connectivity index (χ2v) is 43.8. The van der Waals surface area contributed by atoms with E-state index in [2.05, 4.69) is 511 Å². The Hall–Kier alpha value is -14.4. The fourth-order valence-corrected chi connectivity index (χ4v) is 21.9. The molecule has 0 fully saturated rings. The molecule has 0 unspecified atom stereocenters. The van der Waals surface area contributed by atoms with Gasteiger partial charge in [-0.1, -0.05) is 337 Å². The van der Waals surface area contributed by atoms with E-state index in [4.69, 9.17) is 0 Å². The first-order valence-corrected chi connectivity index (χ1v) is 47.6. The van der Waals surface area contributed by atoms with Gasteiger partial charge in [0.1, 0.15) is 0 Å². The summed E-state index contributed by atoms with van der Waals surface area (Å²) in [4.78, 5) is 5.56. The molecule has 0 spiro atoms. The highest BCUT2D eigenvalue weighted by Crippen LogP contribution is 2.57. The van der Waals surface area contributed by atoms with Crippen LogP contribution in [0, 0.1) is 0 Å². The summed E-state index contributed by atoms with van der Waals surface area (Å²) in [5, 5.41) is 9.80.